The van der Waals surface area contributed by atoms with Gasteiger partial charge in [-0.05, 0) is 38.1 Å². The van der Waals surface area contributed by atoms with Gasteiger partial charge in [0.05, 0.1) is 5.52 Å². The van der Waals surface area contributed by atoms with Crippen LogP contribution >= 0.6 is 11.6 Å². The largest absolute Gasteiger partial charge is 0.327 e. The van der Waals surface area contributed by atoms with Crippen LogP contribution in [0.1, 0.15) is 12.8 Å². The van der Waals surface area contributed by atoms with Gasteiger partial charge in [0.1, 0.15) is 5.15 Å². The molecule has 0 saturated carbocycles. The predicted molar refractivity (Wildman–Crippen MR) is 71.0 cm³/mol. The van der Waals surface area contributed by atoms with Gasteiger partial charge in [-0.15, -0.1) is 0 Å². The number of imidazole rings is 1. The Morgan fingerprint density at radius 1 is 1.28 bits per heavy atom. The van der Waals surface area contributed by atoms with Crippen molar-refractivity contribution in [1.82, 2.24) is 19.4 Å². The van der Waals surface area contributed by atoms with Crippen LogP contribution in [-0.4, -0.2) is 39.1 Å². The van der Waals surface area contributed by atoms with Crippen molar-refractivity contribution < 1.29 is 0 Å². The standard InChI is InChI=1S/C12H15ClN4O/c13-10-4-3-9-11(15-10)17(12(18)14-9)8-7-16-5-1-2-6-16/h3-4H,1-2,5-8H2,(H,14,18). The Labute approximate surface area is 109 Å². The molecule has 0 aromatic carbocycles. The Kier molecular flexibility index (Phi) is 3.09. The molecular weight excluding hydrogens is 252 g/mol. The average Bonchev–Trinajstić information content (AvgIpc) is 2.94. The Morgan fingerprint density at radius 3 is 2.83 bits per heavy atom. The van der Waals surface area contributed by atoms with E-state index in [1.54, 1.807) is 16.7 Å². The van der Waals surface area contributed by atoms with Crippen molar-refractivity contribution in [1.29, 1.82) is 0 Å². The van der Waals surface area contributed by atoms with Crippen molar-refractivity contribution in [2.75, 3.05) is 19.6 Å². The van der Waals surface area contributed by atoms with Gasteiger partial charge in [0.2, 0.25) is 0 Å². The molecule has 1 fully saturated rings. The molecule has 6 heteroatoms. The summed E-state index contributed by atoms with van der Waals surface area (Å²) in [5.74, 6) is 0. The molecule has 0 radical (unpaired) electrons. The molecule has 0 unspecified atom stereocenters. The van der Waals surface area contributed by atoms with Crippen molar-refractivity contribution >= 4 is 22.8 Å². The van der Waals surface area contributed by atoms with E-state index in [1.807, 2.05) is 0 Å². The van der Waals surface area contributed by atoms with Gasteiger partial charge in [-0.3, -0.25) is 4.57 Å². The van der Waals surface area contributed by atoms with Crippen LogP contribution in [0.15, 0.2) is 16.9 Å². The van der Waals surface area contributed by atoms with E-state index in [0.717, 1.165) is 25.2 Å². The van der Waals surface area contributed by atoms with E-state index in [9.17, 15) is 4.79 Å². The zero-order valence-electron chi connectivity index (χ0n) is 10.0. The first-order valence-electron chi connectivity index (χ1n) is 6.21. The number of hydrogen-bond donors (Lipinski definition) is 1. The summed E-state index contributed by atoms with van der Waals surface area (Å²) in [5.41, 5.74) is 1.27. The van der Waals surface area contributed by atoms with Crippen LogP contribution in [0.5, 0.6) is 0 Å². The molecule has 1 N–H and O–H groups in total. The van der Waals surface area contributed by atoms with E-state index in [0.29, 0.717) is 17.3 Å². The first-order chi connectivity index (χ1) is 8.74. The fourth-order valence-corrected chi connectivity index (χ4v) is 2.61. The number of aromatic amines is 1. The number of hydrogen-bond acceptors (Lipinski definition) is 3. The van der Waals surface area contributed by atoms with E-state index < -0.39 is 0 Å². The second-order valence-electron chi connectivity index (χ2n) is 4.64. The topological polar surface area (TPSA) is 53.9 Å². The van der Waals surface area contributed by atoms with Gasteiger partial charge in [0, 0.05) is 13.1 Å². The lowest BCUT2D eigenvalue weighted by atomic mass is 10.4. The first-order valence-corrected chi connectivity index (χ1v) is 6.59. The quantitative estimate of drug-likeness (QED) is 0.856. The number of nitrogens with zero attached hydrogens (tertiary/aromatic N) is 3. The highest BCUT2D eigenvalue weighted by atomic mass is 35.5. The maximum absolute atomic E-state index is 11.9. The maximum atomic E-state index is 11.9. The second-order valence-corrected chi connectivity index (χ2v) is 5.02. The predicted octanol–water partition coefficient (Wildman–Crippen LogP) is 1.47. The number of fused-ring (bicyclic) bond motifs is 1. The molecule has 2 aromatic rings. The smallest absolute Gasteiger partial charge is 0.304 e. The fraction of sp³-hybridized carbons (Fsp3) is 0.500. The van der Waals surface area contributed by atoms with Crippen LogP contribution in [0.3, 0.4) is 0 Å². The minimum Gasteiger partial charge on any atom is -0.304 e. The third-order valence-electron chi connectivity index (χ3n) is 3.42. The van der Waals surface area contributed by atoms with E-state index >= 15 is 0 Å². The van der Waals surface area contributed by atoms with Gasteiger partial charge < -0.3 is 9.88 Å². The lowest BCUT2D eigenvalue weighted by Crippen LogP contribution is -2.28. The average molecular weight is 267 g/mol. The van der Waals surface area contributed by atoms with Gasteiger partial charge in [0.25, 0.3) is 0 Å². The summed E-state index contributed by atoms with van der Waals surface area (Å²) in [4.78, 5) is 21.2. The van der Waals surface area contributed by atoms with Gasteiger partial charge in [-0.2, -0.15) is 0 Å². The lowest BCUT2D eigenvalue weighted by molar-refractivity contribution is 0.322. The number of pyridine rings is 1. The molecule has 0 bridgehead atoms. The fourth-order valence-electron chi connectivity index (χ4n) is 2.46. The highest BCUT2D eigenvalue weighted by Crippen LogP contribution is 2.13. The summed E-state index contributed by atoms with van der Waals surface area (Å²) in [5, 5.41) is 0.413. The molecule has 3 rings (SSSR count). The van der Waals surface area contributed by atoms with Crippen LogP contribution < -0.4 is 5.69 Å². The number of rotatable bonds is 3. The Balaban J connectivity index is 1.87. The van der Waals surface area contributed by atoms with Gasteiger partial charge in [0.15, 0.2) is 5.65 Å². The molecule has 1 aliphatic heterocycles. The van der Waals surface area contributed by atoms with Crippen molar-refractivity contribution in [2.24, 2.45) is 0 Å². The van der Waals surface area contributed by atoms with Gasteiger partial charge >= 0.3 is 5.69 Å². The third-order valence-corrected chi connectivity index (χ3v) is 3.63. The van der Waals surface area contributed by atoms with Crippen LogP contribution in [0, 0.1) is 0 Å². The molecule has 0 spiro atoms. The Hall–Kier alpha value is -1.33. The van der Waals surface area contributed by atoms with Crippen molar-refractivity contribution in [3.05, 3.63) is 27.8 Å². The molecule has 0 amide bonds. The van der Waals surface area contributed by atoms with Crippen LogP contribution in [0.4, 0.5) is 0 Å². The van der Waals surface area contributed by atoms with Crippen molar-refractivity contribution in [3.8, 4) is 0 Å². The number of H-pyrrole nitrogens is 1. The summed E-state index contributed by atoms with van der Waals surface area (Å²) in [6, 6.07) is 3.48. The zero-order valence-corrected chi connectivity index (χ0v) is 10.8. The lowest BCUT2D eigenvalue weighted by Gasteiger charge is -2.14. The normalized spacial score (nSPS) is 16.7. The number of aromatic nitrogens is 3. The molecular formula is C12H15ClN4O. The van der Waals surface area contributed by atoms with Crippen molar-refractivity contribution in [3.63, 3.8) is 0 Å². The molecule has 1 saturated heterocycles. The molecule has 1 aliphatic rings. The molecule has 3 heterocycles. The van der Waals surface area contributed by atoms with Gasteiger partial charge in [-0.25, -0.2) is 9.78 Å². The Bertz CT molecular complexity index is 612. The number of likely N-dealkylation sites (tertiary alicyclic amines) is 1. The molecule has 0 aliphatic carbocycles. The molecule has 0 atom stereocenters. The van der Waals surface area contributed by atoms with Crippen LogP contribution in [-0.2, 0) is 6.54 Å². The SMILES string of the molecule is O=c1[nH]c2ccc(Cl)nc2n1CCN1CCCC1. The molecule has 5 nitrogen and oxygen atoms in total. The van der Waals surface area contributed by atoms with E-state index in [-0.39, 0.29) is 5.69 Å². The molecule has 96 valence electrons. The van der Waals surface area contributed by atoms with E-state index in [4.69, 9.17) is 11.6 Å². The summed E-state index contributed by atoms with van der Waals surface area (Å²) < 4.78 is 1.67. The number of halogens is 1. The van der Waals surface area contributed by atoms with E-state index in [1.165, 1.54) is 12.8 Å². The van der Waals surface area contributed by atoms with Crippen LogP contribution in [0.25, 0.3) is 11.2 Å². The zero-order chi connectivity index (χ0) is 12.5. The summed E-state index contributed by atoms with van der Waals surface area (Å²) in [6.45, 7) is 3.81. The highest BCUT2D eigenvalue weighted by Gasteiger charge is 2.13. The minimum absolute atomic E-state index is 0.112. The highest BCUT2D eigenvalue weighted by molar-refractivity contribution is 6.29. The maximum Gasteiger partial charge on any atom is 0.327 e. The monoisotopic (exact) mass is 266 g/mol. The van der Waals surface area contributed by atoms with Crippen LogP contribution in [0.2, 0.25) is 5.15 Å². The van der Waals surface area contributed by atoms with Crippen molar-refractivity contribution in [2.45, 2.75) is 19.4 Å². The van der Waals surface area contributed by atoms with Gasteiger partial charge in [-0.1, -0.05) is 11.6 Å². The summed E-state index contributed by atoms with van der Waals surface area (Å²) in [7, 11) is 0. The number of nitrogens with one attached hydrogen (secondary N) is 1. The molecule has 2 aromatic heterocycles. The minimum atomic E-state index is -0.112. The Morgan fingerprint density at radius 2 is 2.06 bits per heavy atom. The summed E-state index contributed by atoms with van der Waals surface area (Å²) in [6.07, 6.45) is 2.51. The van der Waals surface area contributed by atoms with E-state index in [2.05, 4.69) is 14.9 Å². The molecule has 18 heavy (non-hydrogen) atoms. The third kappa shape index (κ3) is 2.15. The first kappa shape index (κ1) is 11.7. The second kappa shape index (κ2) is 4.74. The summed E-state index contributed by atoms with van der Waals surface area (Å²) >= 11 is 5.88.